The molecule has 2 aliphatic carbocycles. The number of hydrogen-bond donors (Lipinski definition) is 0. The van der Waals surface area contributed by atoms with Crippen molar-refractivity contribution in [2.75, 3.05) is 0 Å². The molecular formula is C18H19NO6S. The lowest BCUT2D eigenvalue weighted by Crippen LogP contribution is -2.43. The Labute approximate surface area is 151 Å². The molecule has 0 saturated heterocycles. The van der Waals surface area contributed by atoms with Gasteiger partial charge in [0.25, 0.3) is 21.9 Å². The molecule has 0 radical (unpaired) electrons. The average molecular weight is 377 g/mol. The molecular weight excluding hydrogens is 358 g/mol. The van der Waals surface area contributed by atoms with Crippen molar-refractivity contribution in [3.8, 4) is 0 Å². The third kappa shape index (κ3) is 1.91. The number of hydroxylamine groups is 2. The molecule has 2 saturated carbocycles. The zero-order chi connectivity index (χ0) is 19.1. The van der Waals surface area contributed by atoms with Gasteiger partial charge in [0, 0.05) is 5.41 Å². The first-order chi connectivity index (χ1) is 12.0. The van der Waals surface area contributed by atoms with E-state index in [1.807, 2.05) is 13.8 Å². The summed E-state index contributed by atoms with van der Waals surface area (Å²) in [7, 11) is -4.48. The molecule has 26 heavy (non-hydrogen) atoms. The second kappa shape index (κ2) is 5.01. The van der Waals surface area contributed by atoms with E-state index >= 15 is 0 Å². The van der Waals surface area contributed by atoms with Crippen LogP contribution < -0.4 is 0 Å². The van der Waals surface area contributed by atoms with Gasteiger partial charge in [0.05, 0.1) is 11.1 Å². The summed E-state index contributed by atoms with van der Waals surface area (Å²) in [6.07, 6.45) is 1.22. The highest BCUT2D eigenvalue weighted by Gasteiger charge is 2.70. The van der Waals surface area contributed by atoms with Gasteiger partial charge in [0.1, 0.15) is 0 Å². The minimum Gasteiger partial charge on any atom is -0.297 e. The summed E-state index contributed by atoms with van der Waals surface area (Å²) in [5, 5.41) is -1.10. The lowest BCUT2D eigenvalue weighted by atomic mass is 9.70. The third-order valence-corrected chi connectivity index (χ3v) is 8.24. The van der Waals surface area contributed by atoms with E-state index < -0.39 is 49.7 Å². The number of carbonyl (C=O) groups excluding carboxylic acids is 3. The number of rotatable bonds is 3. The van der Waals surface area contributed by atoms with Gasteiger partial charge >= 0.3 is 0 Å². The van der Waals surface area contributed by atoms with Gasteiger partial charge in [-0.1, -0.05) is 32.9 Å². The highest BCUT2D eigenvalue weighted by molar-refractivity contribution is 7.88. The summed E-state index contributed by atoms with van der Waals surface area (Å²) < 4.78 is 30.7. The molecule has 3 atom stereocenters. The molecule has 7 nitrogen and oxygen atoms in total. The van der Waals surface area contributed by atoms with E-state index in [9.17, 15) is 22.8 Å². The number of hydrogen-bond acceptors (Lipinski definition) is 6. The third-order valence-electron chi connectivity index (χ3n) is 6.72. The predicted octanol–water partition coefficient (Wildman–Crippen LogP) is 1.94. The van der Waals surface area contributed by atoms with Gasteiger partial charge in [-0.05, 0) is 36.3 Å². The average Bonchev–Trinajstić information content (AvgIpc) is 3.01. The minimum atomic E-state index is -4.48. The number of imide groups is 1. The van der Waals surface area contributed by atoms with Gasteiger partial charge in [-0.2, -0.15) is 8.42 Å². The summed E-state index contributed by atoms with van der Waals surface area (Å²) in [5.41, 5.74) is -1.08. The molecule has 0 N–H and O–H groups in total. The van der Waals surface area contributed by atoms with E-state index in [0.717, 1.165) is 0 Å². The van der Waals surface area contributed by atoms with Gasteiger partial charge in [-0.3, -0.25) is 14.4 Å². The lowest BCUT2D eigenvalue weighted by Gasteiger charge is -2.32. The number of carbonyl (C=O) groups is 3. The van der Waals surface area contributed by atoms with Crippen LogP contribution in [0.2, 0.25) is 0 Å². The van der Waals surface area contributed by atoms with Crippen molar-refractivity contribution in [1.29, 1.82) is 0 Å². The summed E-state index contributed by atoms with van der Waals surface area (Å²) in [5.74, 6) is -2.47. The number of amides is 2. The van der Waals surface area contributed by atoms with Gasteiger partial charge < -0.3 is 0 Å². The fourth-order valence-electron chi connectivity index (χ4n) is 4.72. The largest absolute Gasteiger partial charge is 0.299 e. The van der Waals surface area contributed by atoms with E-state index in [1.165, 1.54) is 12.1 Å². The standard InChI is InChI=1S/C18H19NO6S/c1-17(2)12-8-9-18(17,3)14(20)13(12)26(23,24)25-19-15(21)10-6-4-5-7-11(10)16(19)22/h4-7,12-13H,8-9H2,1-3H3. The number of nitrogens with zero attached hydrogens (tertiary/aromatic N) is 1. The summed E-state index contributed by atoms with van der Waals surface area (Å²) in [6.45, 7) is 5.56. The van der Waals surface area contributed by atoms with E-state index in [2.05, 4.69) is 0 Å². The van der Waals surface area contributed by atoms with Crippen molar-refractivity contribution >= 4 is 27.7 Å². The molecule has 3 unspecified atom stereocenters. The summed E-state index contributed by atoms with van der Waals surface area (Å²) in [6, 6.07) is 6.01. The van der Waals surface area contributed by atoms with Gasteiger partial charge in [0.2, 0.25) is 0 Å². The van der Waals surface area contributed by atoms with Gasteiger partial charge in [-0.15, -0.1) is 9.35 Å². The smallest absolute Gasteiger partial charge is 0.297 e. The van der Waals surface area contributed by atoms with Crippen LogP contribution in [0.15, 0.2) is 24.3 Å². The second-order valence-electron chi connectivity index (χ2n) is 8.00. The van der Waals surface area contributed by atoms with Crippen LogP contribution >= 0.6 is 0 Å². The Morgan fingerprint density at radius 2 is 1.58 bits per heavy atom. The van der Waals surface area contributed by atoms with E-state index in [4.69, 9.17) is 4.28 Å². The highest BCUT2D eigenvalue weighted by atomic mass is 32.2. The molecule has 1 aliphatic heterocycles. The minimum absolute atomic E-state index is 0.0826. The van der Waals surface area contributed by atoms with Crippen molar-refractivity contribution in [3.63, 3.8) is 0 Å². The van der Waals surface area contributed by atoms with Crippen LogP contribution in [-0.2, 0) is 19.2 Å². The number of Topliss-reactive ketones (excluding diaryl/α,β-unsaturated/α-hetero) is 1. The molecule has 1 aromatic carbocycles. The molecule has 4 rings (SSSR count). The quantitative estimate of drug-likeness (QED) is 0.747. The van der Waals surface area contributed by atoms with Crippen molar-refractivity contribution in [2.45, 2.75) is 38.9 Å². The van der Waals surface area contributed by atoms with Crippen molar-refractivity contribution in [3.05, 3.63) is 35.4 Å². The zero-order valence-electron chi connectivity index (χ0n) is 14.7. The van der Waals surface area contributed by atoms with Crippen LogP contribution in [0, 0.1) is 16.7 Å². The molecule has 0 spiro atoms. The fraction of sp³-hybridized carbons (Fsp3) is 0.500. The van der Waals surface area contributed by atoms with Crippen LogP contribution in [0.25, 0.3) is 0 Å². The van der Waals surface area contributed by atoms with Crippen LogP contribution in [0.1, 0.15) is 54.3 Å². The number of ketones is 1. The molecule has 2 amide bonds. The Kier molecular flexibility index (Phi) is 3.35. The molecule has 8 heteroatoms. The van der Waals surface area contributed by atoms with Crippen LogP contribution in [0.3, 0.4) is 0 Å². The SMILES string of the molecule is CC12CCC(C(S(=O)(=O)ON3C(=O)c4ccccc4C3=O)C1=O)C2(C)C. The van der Waals surface area contributed by atoms with Crippen LogP contribution in [-0.4, -0.2) is 36.3 Å². The van der Waals surface area contributed by atoms with E-state index in [0.29, 0.717) is 12.8 Å². The molecule has 1 heterocycles. The maximum absolute atomic E-state index is 12.9. The first kappa shape index (κ1) is 17.4. The Bertz CT molecular complexity index is 931. The van der Waals surface area contributed by atoms with E-state index in [-0.39, 0.29) is 16.2 Å². The Morgan fingerprint density at radius 3 is 2.04 bits per heavy atom. The summed E-state index contributed by atoms with van der Waals surface area (Å²) in [4.78, 5) is 37.6. The summed E-state index contributed by atoms with van der Waals surface area (Å²) >= 11 is 0. The zero-order valence-corrected chi connectivity index (χ0v) is 15.5. The van der Waals surface area contributed by atoms with Gasteiger partial charge in [0.15, 0.2) is 11.0 Å². The van der Waals surface area contributed by atoms with Crippen LogP contribution in [0.4, 0.5) is 0 Å². The first-order valence-electron chi connectivity index (χ1n) is 8.48. The highest BCUT2D eigenvalue weighted by Crippen LogP contribution is 2.65. The molecule has 138 valence electrons. The number of benzene rings is 1. The molecule has 3 aliphatic rings. The Hall–Kier alpha value is -2.06. The Balaban J connectivity index is 1.67. The molecule has 1 aromatic rings. The van der Waals surface area contributed by atoms with Crippen molar-refractivity contribution < 1.29 is 27.1 Å². The molecule has 0 aromatic heterocycles. The monoisotopic (exact) mass is 377 g/mol. The maximum atomic E-state index is 12.9. The van der Waals surface area contributed by atoms with Gasteiger partial charge in [-0.25, -0.2) is 0 Å². The Morgan fingerprint density at radius 1 is 1.04 bits per heavy atom. The van der Waals surface area contributed by atoms with E-state index in [1.54, 1.807) is 19.1 Å². The second-order valence-corrected chi connectivity index (χ2v) is 9.64. The fourth-order valence-corrected chi connectivity index (χ4v) is 6.56. The molecule has 2 fully saturated rings. The predicted molar refractivity (Wildman–Crippen MR) is 90.4 cm³/mol. The number of fused-ring (bicyclic) bond motifs is 3. The normalized spacial score (nSPS) is 32.4. The molecule has 2 bridgehead atoms. The van der Waals surface area contributed by atoms with Crippen LogP contribution in [0.5, 0.6) is 0 Å². The lowest BCUT2D eigenvalue weighted by molar-refractivity contribution is -0.128. The van der Waals surface area contributed by atoms with Crippen molar-refractivity contribution in [1.82, 2.24) is 5.06 Å². The topological polar surface area (TPSA) is 97.8 Å². The van der Waals surface area contributed by atoms with Crippen molar-refractivity contribution in [2.24, 2.45) is 16.7 Å². The first-order valence-corrected chi connectivity index (χ1v) is 9.95. The maximum Gasteiger partial charge on any atom is 0.299 e.